The monoisotopic (exact) mass is 245 g/mol. The normalized spacial score (nSPS) is 30.7. The Hall–Kier alpha value is -0.420. The van der Waals surface area contributed by atoms with Gasteiger partial charge in [-0.15, -0.1) is 11.3 Å². The Morgan fingerprint density at radius 2 is 2.47 bits per heavy atom. The summed E-state index contributed by atoms with van der Waals surface area (Å²) in [6, 6.07) is 3.24. The number of hydrogen-bond acceptors (Lipinski definition) is 4. The highest BCUT2D eigenvalue weighted by Gasteiger charge is 2.44. The maximum Gasteiger partial charge on any atom is 0.182 e. The lowest BCUT2D eigenvalue weighted by molar-refractivity contribution is 0.0772. The SMILES string of the molecule is CC1(C(=O)c2ccc(Cl)s2)COCC1N. The first-order chi connectivity index (χ1) is 7.04. The van der Waals surface area contributed by atoms with E-state index in [4.69, 9.17) is 22.1 Å². The summed E-state index contributed by atoms with van der Waals surface area (Å²) in [6.45, 7) is 2.69. The van der Waals surface area contributed by atoms with Gasteiger partial charge in [0.25, 0.3) is 0 Å². The number of halogens is 1. The number of nitrogens with two attached hydrogens (primary N) is 1. The van der Waals surface area contributed by atoms with Crippen LogP contribution in [0.15, 0.2) is 12.1 Å². The molecule has 0 aliphatic carbocycles. The highest BCUT2D eigenvalue weighted by Crippen LogP contribution is 2.34. The van der Waals surface area contributed by atoms with Crippen molar-refractivity contribution in [3.8, 4) is 0 Å². The van der Waals surface area contributed by atoms with Crippen LogP contribution in [0.2, 0.25) is 4.34 Å². The van der Waals surface area contributed by atoms with E-state index in [1.807, 2.05) is 6.92 Å². The largest absolute Gasteiger partial charge is 0.379 e. The lowest BCUT2D eigenvalue weighted by Crippen LogP contribution is -2.44. The third-order valence-electron chi connectivity index (χ3n) is 2.83. The summed E-state index contributed by atoms with van der Waals surface area (Å²) in [7, 11) is 0. The molecule has 2 atom stereocenters. The number of ketones is 1. The molecule has 0 spiro atoms. The van der Waals surface area contributed by atoms with Crippen molar-refractivity contribution in [2.45, 2.75) is 13.0 Å². The number of carbonyl (C=O) groups is 1. The van der Waals surface area contributed by atoms with Gasteiger partial charge in [-0.3, -0.25) is 4.79 Å². The third-order valence-corrected chi connectivity index (χ3v) is 4.06. The molecule has 0 saturated carbocycles. The fourth-order valence-corrected chi connectivity index (χ4v) is 2.76. The molecule has 2 heterocycles. The van der Waals surface area contributed by atoms with E-state index < -0.39 is 5.41 Å². The van der Waals surface area contributed by atoms with Crippen molar-refractivity contribution in [2.24, 2.45) is 11.1 Å². The molecule has 1 saturated heterocycles. The molecule has 15 heavy (non-hydrogen) atoms. The van der Waals surface area contributed by atoms with Crippen molar-refractivity contribution in [3.63, 3.8) is 0 Å². The predicted molar refractivity (Wildman–Crippen MR) is 60.6 cm³/mol. The van der Waals surface area contributed by atoms with E-state index in [0.29, 0.717) is 22.4 Å². The van der Waals surface area contributed by atoms with E-state index in [1.54, 1.807) is 12.1 Å². The van der Waals surface area contributed by atoms with E-state index in [0.717, 1.165) is 0 Å². The quantitative estimate of drug-likeness (QED) is 0.811. The summed E-state index contributed by atoms with van der Waals surface area (Å²) in [5, 5.41) is 0. The number of Topliss-reactive ketones (excluding diaryl/α,β-unsaturated/α-hetero) is 1. The van der Waals surface area contributed by atoms with Crippen LogP contribution in [0, 0.1) is 5.41 Å². The van der Waals surface area contributed by atoms with Gasteiger partial charge in [0.15, 0.2) is 5.78 Å². The highest BCUT2D eigenvalue weighted by molar-refractivity contribution is 7.18. The van der Waals surface area contributed by atoms with Crippen LogP contribution in [0.1, 0.15) is 16.6 Å². The Kier molecular flexibility index (Phi) is 2.85. The van der Waals surface area contributed by atoms with Crippen LogP contribution in [0.5, 0.6) is 0 Å². The van der Waals surface area contributed by atoms with Gasteiger partial charge in [-0.1, -0.05) is 11.6 Å². The van der Waals surface area contributed by atoms with Gasteiger partial charge < -0.3 is 10.5 Å². The minimum atomic E-state index is -0.603. The topological polar surface area (TPSA) is 52.3 Å². The maximum absolute atomic E-state index is 12.2. The van der Waals surface area contributed by atoms with Gasteiger partial charge in [0.1, 0.15) is 0 Å². The number of ether oxygens (including phenoxy) is 1. The Balaban J connectivity index is 2.28. The van der Waals surface area contributed by atoms with Crippen molar-refractivity contribution in [1.82, 2.24) is 0 Å². The van der Waals surface area contributed by atoms with Gasteiger partial charge in [0.2, 0.25) is 0 Å². The molecular weight excluding hydrogens is 234 g/mol. The molecule has 3 nitrogen and oxygen atoms in total. The Labute approximate surface area is 97.2 Å². The van der Waals surface area contributed by atoms with E-state index in [-0.39, 0.29) is 11.8 Å². The molecule has 0 radical (unpaired) electrons. The number of rotatable bonds is 2. The Morgan fingerprint density at radius 1 is 1.73 bits per heavy atom. The number of hydrogen-bond donors (Lipinski definition) is 1. The van der Waals surface area contributed by atoms with Crippen LogP contribution in [0.25, 0.3) is 0 Å². The highest BCUT2D eigenvalue weighted by atomic mass is 35.5. The average Bonchev–Trinajstić information content (AvgIpc) is 2.75. The van der Waals surface area contributed by atoms with Crippen molar-refractivity contribution >= 4 is 28.7 Å². The molecule has 1 aliphatic rings. The minimum Gasteiger partial charge on any atom is -0.379 e. The standard InChI is InChI=1S/C10H12ClNO2S/c1-10(5-14-4-7(10)12)9(13)6-2-3-8(11)15-6/h2-3,7H,4-5,12H2,1H3. The van der Waals surface area contributed by atoms with Gasteiger partial charge in [0.05, 0.1) is 27.8 Å². The van der Waals surface area contributed by atoms with Crippen molar-refractivity contribution in [2.75, 3.05) is 13.2 Å². The van der Waals surface area contributed by atoms with Crippen LogP contribution < -0.4 is 5.73 Å². The Bertz CT molecular complexity index is 393. The zero-order chi connectivity index (χ0) is 11.1. The fourth-order valence-electron chi connectivity index (χ4n) is 1.64. The minimum absolute atomic E-state index is 0.0319. The molecule has 0 amide bonds. The summed E-state index contributed by atoms with van der Waals surface area (Å²) in [5.74, 6) is 0.0319. The zero-order valence-corrected chi connectivity index (χ0v) is 9.90. The van der Waals surface area contributed by atoms with Crippen molar-refractivity contribution < 1.29 is 9.53 Å². The summed E-state index contributed by atoms with van der Waals surface area (Å²) >= 11 is 7.08. The molecule has 1 aromatic rings. The second-order valence-electron chi connectivity index (χ2n) is 3.97. The summed E-state index contributed by atoms with van der Waals surface area (Å²) in [6.07, 6.45) is 0. The second-order valence-corrected chi connectivity index (χ2v) is 5.69. The number of thiophene rings is 1. The molecule has 82 valence electrons. The first-order valence-electron chi connectivity index (χ1n) is 4.67. The van der Waals surface area contributed by atoms with Gasteiger partial charge in [-0.2, -0.15) is 0 Å². The number of carbonyl (C=O) groups excluding carboxylic acids is 1. The molecule has 2 N–H and O–H groups in total. The molecule has 5 heteroatoms. The third kappa shape index (κ3) is 1.83. The van der Waals surface area contributed by atoms with Crippen molar-refractivity contribution in [3.05, 3.63) is 21.3 Å². The summed E-state index contributed by atoms with van der Waals surface area (Å²) in [5.41, 5.74) is 5.28. The van der Waals surface area contributed by atoms with E-state index in [1.165, 1.54) is 11.3 Å². The maximum atomic E-state index is 12.2. The molecule has 1 aliphatic heterocycles. The molecule has 0 bridgehead atoms. The lowest BCUT2D eigenvalue weighted by Gasteiger charge is -2.24. The molecule has 1 fully saturated rings. The van der Waals surface area contributed by atoms with Gasteiger partial charge in [-0.25, -0.2) is 0 Å². The Morgan fingerprint density at radius 3 is 2.93 bits per heavy atom. The second kappa shape index (κ2) is 3.87. The molecule has 2 unspecified atom stereocenters. The van der Waals surface area contributed by atoms with Crippen LogP contribution in [0.3, 0.4) is 0 Å². The summed E-state index contributed by atoms with van der Waals surface area (Å²) in [4.78, 5) is 12.8. The molecular formula is C10H12ClNO2S. The van der Waals surface area contributed by atoms with E-state index in [2.05, 4.69) is 0 Å². The van der Waals surface area contributed by atoms with E-state index in [9.17, 15) is 4.79 Å². The average molecular weight is 246 g/mol. The smallest absolute Gasteiger partial charge is 0.182 e. The predicted octanol–water partition coefficient (Wildman–Crippen LogP) is 1.95. The first kappa shape index (κ1) is 11.1. The fraction of sp³-hybridized carbons (Fsp3) is 0.500. The van der Waals surface area contributed by atoms with Gasteiger partial charge in [-0.05, 0) is 19.1 Å². The van der Waals surface area contributed by atoms with Crippen LogP contribution in [0.4, 0.5) is 0 Å². The van der Waals surface area contributed by atoms with Crippen LogP contribution in [-0.2, 0) is 4.74 Å². The van der Waals surface area contributed by atoms with E-state index >= 15 is 0 Å². The van der Waals surface area contributed by atoms with Gasteiger partial charge in [0, 0.05) is 6.04 Å². The molecule has 1 aromatic heterocycles. The zero-order valence-electron chi connectivity index (χ0n) is 8.33. The molecule has 0 aromatic carbocycles. The lowest BCUT2D eigenvalue weighted by atomic mass is 9.81. The first-order valence-corrected chi connectivity index (χ1v) is 5.87. The van der Waals surface area contributed by atoms with Gasteiger partial charge >= 0.3 is 0 Å². The van der Waals surface area contributed by atoms with Crippen LogP contribution >= 0.6 is 22.9 Å². The van der Waals surface area contributed by atoms with Crippen molar-refractivity contribution in [1.29, 1.82) is 0 Å². The summed E-state index contributed by atoms with van der Waals surface area (Å²) < 4.78 is 5.87. The van der Waals surface area contributed by atoms with Crippen LogP contribution in [-0.4, -0.2) is 25.0 Å². The molecule has 2 rings (SSSR count).